The van der Waals surface area contributed by atoms with E-state index in [1.54, 1.807) is 0 Å². The molecular formula is C21H23Cl2NOS. The van der Waals surface area contributed by atoms with Gasteiger partial charge in [-0.15, -0.1) is 11.8 Å². The van der Waals surface area contributed by atoms with Crippen molar-refractivity contribution in [1.82, 2.24) is 5.32 Å². The average molecular weight is 408 g/mol. The lowest BCUT2D eigenvalue weighted by molar-refractivity contribution is 0.169. The molecule has 5 heteroatoms. The molecule has 2 atom stereocenters. The van der Waals surface area contributed by atoms with E-state index in [1.807, 2.05) is 30.0 Å². The van der Waals surface area contributed by atoms with E-state index in [0.717, 1.165) is 42.1 Å². The molecule has 2 aromatic rings. The van der Waals surface area contributed by atoms with Gasteiger partial charge in [-0.25, -0.2) is 0 Å². The fraction of sp³-hybridized carbons (Fsp3) is 0.429. The first kappa shape index (κ1) is 18.5. The number of hydrogen-bond acceptors (Lipinski definition) is 3. The average Bonchev–Trinajstić information content (AvgIpc) is 3.01. The zero-order valence-electron chi connectivity index (χ0n) is 14.9. The van der Waals surface area contributed by atoms with E-state index in [1.165, 1.54) is 23.3 Å². The summed E-state index contributed by atoms with van der Waals surface area (Å²) in [6, 6.07) is 10.2. The first-order chi connectivity index (χ1) is 12.7. The van der Waals surface area contributed by atoms with Crippen LogP contribution in [-0.4, -0.2) is 24.9 Å². The first-order valence-corrected chi connectivity index (χ1v) is 11.0. The van der Waals surface area contributed by atoms with Gasteiger partial charge in [0.15, 0.2) is 0 Å². The molecule has 0 spiro atoms. The van der Waals surface area contributed by atoms with Crippen molar-refractivity contribution in [2.45, 2.75) is 43.1 Å². The highest BCUT2D eigenvalue weighted by Gasteiger charge is 2.38. The van der Waals surface area contributed by atoms with Crippen molar-refractivity contribution in [3.8, 4) is 16.9 Å². The minimum atomic E-state index is 0.299. The minimum absolute atomic E-state index is 0.299. The van der Waals surface area contributed by atoms with E-state index in [9.17, 15) is 0 Å². The maximum Gasteiger partial charge on any atom is 0.137 e. The number of fused-ring (bicyclic) bond motifs is 3. The van der Waals surface area contributed by atoms with Crippen LogP contribution in [-0.2, 0) is 0 Å². The third kappa shape index (κ3) is 3.60. The van der Waals surface area contributed by atoms with Crippen LogP contribution < -0.4 is 10.1 Å². The molecule has 2 heterocycles. The minimum Gasteiger partial charge on any atom is -0.488 e. The maximum atomic E-state index is 6.50. The number of ether oxygens (including phenoxy) is 1. The van der Waals surface area contributed by atoms with Crippen molar-refractivity contribution in [2.24, 2.45) is 0 Å². The van der Waals surface area contributed by atoms with Crippen LogP contribution in [0.2, 0.25) is 10.0 Å². The van der Waals surface area contributed by atoms with Gasteiger partial charge in [-0.3, -0.25) is 0 Å². The van der Waals surface area contributed by atoms with Crippen molar-refractivity contribution in [3.63, 3.8) is 0 Å². The zero-order valence-corrected chi connectivity index (χ0v) is 17.2. The molecule has 4 rings (SSSR count). The van der Waals surface area contributed by atoms with E-state index in [2.05, 4.69) is 24.4 Å². The van der Waals surface area contributed by atoms with Gasteiger partial charge in [0, 0.05) is 33.6 Å². The molecule has 2 aliphatic heterocycles. The van der Waals surface area contributed by atoms with Crippen LogP contribution in [0, 0.1) is 0 Å². The summed E-state index contributed by atoms with van der Waals surface area (Å²) in [6.45, 7) is 4.24. The van der Waals surface area contributed by atoms with E-state index < -0.39 is 0 Å². The topological polar surface area (TPSA) is 21.3 Å². The quantitative estimate of drug-likeness (QED) is 0.458. The molecule has 0 bridgehead atoms. The predicted octanol–water partition coefficient (Wildman–Crippen LogP) is 6.39. The molecule has 2 nitrogen and oxygen atoms in total. The second-order valence-corrected chi connectivity index (χ2v) is 8.95. The Bertz CT molecular complexity index is 811. The Morgan fingerprint density at radius 1 is 1.23 bits per heavy atom. The highest BCUT2D eigenvalue weighted by Crippen LogP contribution is 2.48. The van der Waals surface area contributed by atoms with E-state index >= 15 is 0 Å². The normalized spacial score (nSPS) is 21.2. The van der Waals surface area contributed by atoms with Crippen LogP contribution in [0.5, 0.6) is 5.75 Å². The lowest BCUT2D eigenvalue weighted by Gasteiger charge is -2.24. The maximum absolute atomic E-state index is 6.50. The van der Waals surface area contributed by atoms with Crippen molar-refractivity contribution >= 4 is 35.0 Å². The highest BCUT2D eigenvalue weighted by atomic mass is 35.5. The monoisotopic (exact) mass is 407 g/mol. The number of rotatable bonds is 5. The zero-order chi connectivity index (χ0) is 18.1. The standard InChI is InChI=1S/C21H23Cl2NOS/c1-2-3-8-26-20-10-13(15-5-4-14(22)11-18(15)23)9-16-17-12-24-7-6-19(17)25-21(16)20/h4-5,9-11,17,19,24H,2-3,6-8,12H2,1H3/t17-,19-/m0/s1. The Morgan fingerprint density at radius 3 is 2.92 bits per heavy atom. The molecule has 0 amide bonds. The summed E-state index contributed by atoms with van der Waals surface area (Å²) in [4.78, 5) is 1.24. The van der Waals surface area contributed by atoms with Crippen LogP contribution in [0.4, 0.5) is 0 Å². The van der Waals surface area contributed by atoms with Crippen LogP contribution in [0.25, 0.3) is 11.1 Å². The van der Waals surface area contributed by atoms with Crippen LogP contribution in [0.1, 0.15) is 37.7 Å². The number of thioether (sulfide) groups is 1. The molecule has 2 aliphatic rings. The molecule has 0 radical (unpaired) electrons. The largest absolute Gasteiger partial charge is 0.488 e. The van der Waals surface area contributed by atoms with Gasteiger partial charge >= 0.3 is 0 Å². The summed E-state index contributed by atoms with van der Waals surface area (Å²) < 4.78 is 6.40. The summed E-state index contributed by atoms with van der Waals surface area (Å²) >= 11 is 14.5. The smallest absolute Gasteiger partial charge is 0.137 e. The van der Waals surface area contributed by atoms with Gasteiger partial charge in [-0.1, -0.05) is 42.6 Å². The second kappa shape index (κ2) is 8.02. The first-order valence-electron chi connectivity index (χ1n) is 9.31. The summed E-state index contributed by atoms with van der Waals surface area (Å²) in [7, 11) is 0. The van der Waals surface area contributed by atoms with E-state index in [4.69, 9.17) is 27.9 Å². The van der Waals surface area contributed by atoms with Gasteiger partial charge in [-0.2, -0.15) is 0 Å². The third-order valence-corrected chi connectivity index (χ3v) is 6.82. The molecule has 0 saturated carbocycles. The lowest BCUT2D eigenvalue weighted by atomic mass is 9.89. The van der Waals surface area contributed by atoms with Crippen molar-refractivity contribution in [2.75, 3.05) is 18.8 Å². The van der Waals surface area contributed by atoms with Gasteiger partial charge in [-0.05, 0) is 55.0 Å². The summed E-state index contributed by atoms with van der Waals surface area (Å²) in [5.41, 5.74) is 3.51. The fourth-order valence-corrected chi connectivity index (χ4v) is 5.45. The summed E-state index contributed by atoms with van der Waals surface area (Å²) in [6.07, 6.45) is 3.77. The van der Waals surface area contributed by atoms with Crippen LogP contribution in [0.15, 0.2) is 35.2 Å². The van der Waals surface area contributed by atoms with Gasteiger partial charge in [0.25, 0.3) is 0 Å². The highest BCUT2D eigenvalue weighted by molar-refractivity contribution is 7.99. The molecule has 0 aromatic heterocycles. The van der Waals surface area contributed by atoms with Gasteiger partial charge in [0.1, 0.15) is 11.9 Å². The Hall–Kier alpha value is -0.870. The molecule has 1 saturated heterocycles. The van der Waals surface area contributed by atoms with Crippen LogP contribution >= 0.6 is 35.0 Å². The molecule has 26 heavy (non-hydrogen) atoms. The van der Waals surface area contributed by atoms with E-state index in [0.29, 0.717) is 22.1 Å². The second-order valence-electron chi connectivity index (χ2n) is 6.97. The molecular weight excluding hydrogens is 385 g/mol. The fourth-order valence-electron chi connectivity index (χ4n) is 3.78. The molecule has 1 fully saturated rings. The number of hydrogen-bond donors (Lipinski definition) is 1. The summed E-state index contributed by atoms with van der Waals surface area (Å²) in [5, 5.41) is 4.87. The van der Waals surface area contributed by atoms with Crippen molar-refractivity contribution < 1.29 is 4.74 Å². The van der Waals surface area contributed by atoms with Crippen molar-refractivity contribution in [1.29, 1.82) is 0 Å². The Balaban J connectivity index is 1.77. The third-order valence-electron chi connectivity index (χ3n) is 5.17. The predicted molar refractivity (Wildman–Crippen MR) is 112 cm³/mol. The Kier molecular flexibility index (Phi) is 5.70. The van der Waals surface area contributed by atoms with Gasteiger partial charge < -0.3 is 10.1 Å². The lowest BCUT2D eigenvalue weighted by Crippen LogP contribution is -2.37. The molecule has 0 aliphatic carbocycles. The van der Waals surface area contributed by atoms with Gasteiger partial charge in [0.2, 0.25) is 0 Å². The number of benzene rings is 2. The number of halogens is 2. The van der Waals surface area contributed by atoms with Crippen LogP contribution in [0.3, 0.4) is 0 Å². The number of unbranched alkanes of at least 4 members (excludes halogenated alkanes) is 1. The van der Waals surface area contributed by atoms with Gasteiger partial charge in [0.05, 0.1) is 4.90 Å². The molecule has 138 valence electrons. The number of piperidine rings is 1. The Morgan fingerprint density at radius 2 is 2.12 bits per heavy atom. The molecule has 2 aromatic carbocycles. The van der Waals surface area contributed by atoms with Crippen molar-refractivity contribution in [3.05, 3.63) is 45.9 Å². The molecule has 0 unspecified atom stereocenters. The summed E-state index contributed by atoms with van der Waals surface area (Å²) in [5.74, 6) is 2.63. The van der Waals surface area contributed by atoms with E-state index in [-0.39, 0.29) is 0 Å². The Labute approximate surface area is 169 Å². The molecule has 1 N–H and O–H groups in total. The number of nitrogens with one attached hydrogen (secondary N) is 1. The SMILES string of the molecule is CCCCSc1cc(-c2ccc(Cl)cc2Cl)cc2c1O[C@H]1CCNC[C@@H]21.